The van der Waals surface area contributed by atoms with Gasteiger partial charge in [0.2, 0.25) is 0 Å². The topological polar surface area (TPSA) is 26.3 Å². The second kappa shape index (κ2) is 6.78. The molecule has 1 rings (SSSR count). The van der Waals surface area contributed by atoms with E-state index >= 15 is 0 Å². The van der Waals surface area contributed by atoms with Crippen molar-refractivity contribution in [2.24, 2.45) is 0 Å². The van der Waals surface area contributed by atoms with Gasteiger partial charge in [-0.05, 0) is 35.5 Å². The maximum Gasteiger partial charge on any atom is 0.258 e. The molecule has 0 aromatic rings. The number of halogens is 1. The Morgan fingerprint density at radius 2 is 1.70 bits per heavy atom. The number of carbonyl (C=O) groups is 1. The van der Waals surface area contributed by atoms with E-state index in [4.69, 9.17) is 4.43 Å². The van der Waals surface area contributed by atoms with Crippen LogP contribution in [0.1, 0.15) is 60.8 Å². The largest absolute Gasteiger partial charge is 0.546 e. The number of rotatable bonds is 6. The van der Waals surface area contributed by atoms with E-state index in [-0.39, 0.29) is 4.32 Å². The minimum absolute atomic E-state index is 0.364. The third-order valence-corrected chi connectivity index (χ3v) is 11.6. The van der Waals surface area contributed by atoms with E-state index in [2.05, 4.69) is 63.5 Å². The Morgan fingerprint density at radius 1 is 1.20 bits per heavy atom. The molecule has 1 unspecified atom stereocenters. The molecule has 0 bridgehead atoms. The van der Waals surface area contributed by atoms with Gasteiger partial charge in [-0.1, -0.05) is 57.5 Å². The van der Waals surface area contributed by atoms with Crippen LogP contribution in [0.4, 0.5) is 0 Å². The number of hydrogen-bond acceptors (Lipinski definition) is 2. The van der Waals surface area contributed by atoms with Gasteiger partial charge >= 0.3 is 0 Å². The summed E-state index contributed by atoms with van der Waals surface area (Å²) in [5.74, 6) is 1.12. The zero-order valence-electron chi connectivity index (χ0n) is 13.7. The molecule has 0 radical (unpaired) electrons. The fourth-order valence-electron chi connectivity index (χ4n) is 3.60. The molecule has 0 heterocycles. The van der Waals surface area contributed by atoms with E-state index in [0.29, 0.717) is 16.6 Å². The summed E-state index contributed by atoms with van der Waals surface area (Å²) in [4.78, 5) is 11.1. The first-order valence-electron chi connectivity index (χ1n) is 7.71. The zero-order chi connectivity index (χ0) is 15.6. The van der Waals surface area contributed by atoms with Crippen LogP contribution in [0.25, 0.3) is 0 Å². The van der Waals surface area contributed by atoms with Crippen LogP contribution in [0.3, 0.4) is 0 Å². The molecule has 0 N–H and O–H groups in total. The highest BCUT2D eigenvalue weighted by Gasteiger charge is 2.47. The highest BCUT2D eigenvalue weighted by molar-refractivity contribution is 9.10. The van der Waals surface area contributed by atoms with Gasteiger partial charge in [-0.2, -0.15) is 0 Å². The second-order valence-corrected chi connectivity index (χ2v) is 13.9. The lowest BCUT2D eigenvalue weighted by Crippen LogP contribution is -2.47. The molecule has 116 valence electrons. The molecule has 1 aliphatic carbocycles. The predicted molar refractivity (Wildman–Crippen MR) is 91.8 cm³/mol. The number of carbonyl (C=O) groups excluding carboxylic acids is 1. The van der Waals surface area contributed by atoms with Gasteiger partial charge in [0.05, 0.1) is 10.1 Å². The number of hydrogen-bond donors (Lipinski definition) is 0. The maximum atomic E-state index is 11.1. The van der Waals surface area contributed by atoms with E-state index < -0.39 is 8.32 Å². The van der Waals surface area contributed by atoms with Crippen molar-refractivity contribution in [2.75, 3.05) is 0 Å². The van der Waals surface area contributed by atoms with E-state index in [1.807, 2.05) is 0 Å². The number of allylic oxidation sites excluding steroid dienone is 2. The highest BCUT2D eigenvalue weighted by atomic mass is 79.9. The van der Waals surface area contributed by atoms with Gasteiger partial charge in [0, 0.05) is 6.42 Å². The minimum atomic E-state index is -1.84. The van der Waals surface area contributed by atoms with Crippen LogP contribution in [-0.2, 0) is 9.22 Å². The first kappa shape index (κ1) is 18.0. The molecule has 2 nitrogen and oxygen atoms in total. The Balaban J connectivity index is 2.96. The van der Waals surface area contributed by atoms with Crippen molar-refractivity contribution in [2.45, 2.75) is 81.8 Å². The molecule has 0 saturated heterocycles. The fourth-order valence-corrected chi connectivity index (χ4v) is 9.31. The molecular formula is C16H29BrO2Si. The normalized spacial score (nSPS) is 24.2. The van der Waals surface area contributed by atoms with Crippen LogP contribution in [0, 0.1) is 0 Å². The van der Waals surface area contributed by atoms with Crippen LogP contribution in [0.15, 0.2) is 11.8 Å². The van der Waals surface area contributed by atoms with Crippen LogP contribution in [0.2, 0.25) is 16.6 Å². The summed E-state index contributed by atoms with van der Waals surface area (Å²) in [5, 5.41) is 0. The van der Waals surface area contributed by atoms with Gasteiger partial charge in [0.25, 0.3) is 8.32 Å². The van der Waals surface area contributed by atoms with Crippen molar-refractivity contribution in [3.05, 3.63) is 11.8 Å². The molecule has 1 aliphatic rings. The Bertz CT molecular complexity index is 355. The van der Waals surface area contributed by atoms with Crippen molar-refractivity contribution >= 4 is 30.5 Å². The van der Waals surface area contributed by atoms with Gasteiger partial charge in [0.1, 0.15) is 6.29 Å². The van der Waals surface area contributed by atoms with Crippen molar-refractivity contribution < 1.29 is 9.22 Å². The third kappa shape index (κ3) is 3.56. The fraction of sp³-hybridized carbons (Fsp3) is 0.812. The van der Waals surface area contributed by atoms with Gasteiger partial charge in [-0.3, -0.25) is 0 Å². The van der Waals surface area contributed by atoms with Crippen LogP contribution in [-0.4, -0.2) is 18.9 Å². The van der Waals surface area contributed by atoms with Gasteiger partial charge in [-0.25, -0.2) is 0 Å². The first-order valence-corrected chi connectivity index (χ1v) is 10.6. The van der Waals surface area contributed by atoms with Crippen LogP contribution >= 0.6 is 15.9 Å². The molecule has 0 aromatic heterocycles. The Hall–Kier alpha value is -0.0931. The molecular weight excluding hydrogens is 332 g/mol. The summed E-state index contributed by atoms with van der Waals surface area (Å²) in [6, 6.07) is 0. The highest BCUT2D eigenvalue weighted by Crippen LogP contribution is 2.45. The standard InChI is InChI=1S/C16H29BrO2Si/c1-12(2)20(13(3)4,14(5)6)19-15-7-9-16(17,11-18)10-8-15/h7,11-14H,8-10H2,1-6H3. The van der Waals surface area contributed by atoms with E-state index in [1.54, 1.807) is 0 Å². The lowest BCUT2D eigenvalue weighted by Gasteiger charge is -2.44. The molecule has 0 saturated carbocycles. The molecule has 0 spiro atoms. The summed E-state index contributed by atoms with van der Waals surface area (Å²) in [5.41, 5.74) is 1.76. The number of alkyl halides is 1. The van der Waals surface area contributed by atoms with Crippen molar-refractivity contribution in [1.29, 1.82) is 0 Å². The maximum absolute atomic E-state index is 11.1. The zero-order valence-corrected chi connectivity index (χ0v) is 16.3. The molecule has 0 aliphatic heterocycles. The average molecular weight is 361 g/mol. The summed E-state index contributed by atoms with van der Waals surface area (Å²) in [7, 11) is -1.84. The summed E-state index contributed by atoms with van der Waals surface area (Å²) < 4.78 is 6.30. The van der Waals surface area contributed by atoms with E-state index in [1.165, 1.54) is 0 Å². The Kier molecular flexibility index (Phi) is 6.09. The summed E-state index contributed by atoms with van der Waals surface area (Å²) in [6.45, 7) is 13.8. The second-order valence-electron chi connectivity index (χ2n) is 6.95. The molecule has 0 fully saturated rings. The molecule has 1 atom stereocenters. The van der Waals surface area contributed by atoms with Gasteiger partial charge in [0.15, 0.2) is 0 Å². The Morgan fingerprint density at radius 3 is 2.00 bits per heavy atom. The van der Waals surface area contributed by atoms with Gasteiger partial charge in [-0.15, -0.1) is 0 Å². The monoisotopic (exact) mass is 360 g/mol. The van der Waals surface area contributed by atoms with Crippen LogP contribution in [0.5, 0.6) is 0 Å². The van der Waals surface area contributed by atoms with E-state index in [0.717, 1.165) is 31.3 Å². The molecule has 0 aromatic carbocycles. The van der Waals surface area contributed by atoms with Crippen molar-refractivity contribution in [3.8, 4) is 0 Å². The van der Waals surface area contributed by atoms with E-state index in [9.17, 15) is 4.79 Å². The lowest BCUT2D eigenvalue weighted by atomic mass is 9.95. The summed E-state index contributed by atoms with van der Waals surface area (Å²) >= 11 is 3.53. The lowest BCUT2D eigenvalue weighted by molar-refractivity contribution is -0.109. The first-order chi connectivity index (χ1) is 9.18. The van der Waals surface area contributed by atoms with Crippen molar-refractivity contribution in [3.63, 3.8) is 0 Å². The summed E-state index contributed by atoms with van der Waals surface area (Å²) in [6.07, 6.45) is 5.59. The smallest absolute Gasteiger partial charge is 0.258 e. The molecule has 0 amide bonds. The van der Waals surface area contributed by atoms with Crippen molar-refractivity contribution in [1.82, 2.24) is 0 Å². The van der Waals surface area contributed by atoms with Crippen LogP contribution < -0.4 is 0 Å². The third-order valence-electron chi connectivity index (χ3n) is 4.68. The SMILES string of the molecule is CC(C)[Si](OC1=CCC(Br)(C=O)CC1)(C(C)C)C(C)C. The Labute approximate surface area is 133 Å². The quantitative estimate of drug-likeness (QED) is 0.351. The minimum Gasteiger partial charge on any atom is -0.546 e. The molecule has 4 heteroatoms. The predicted octanol–water partition coefficient (Wildman–Crippen LogP) is 5.58. The van der Waals surface area contributed by atoms with Gasteiger partial charge < -0.3 is 9.22 Å². The average Bonchev–Trinajstić information content (AvgIpc) is 2.37. The molecule has 20 heavy (non-hydrogen) atoms. The number of aldehydes is 1.